The van der Waals surface area contributed by atoms with Gasteiger partial charge in [-0.3, -0.25) is 4.79 Å². The van der Waals surface area contributed by atoms with Gasteiger partial charge in [0.2, 0.25) is 0 Å². The van der Waals surface area contributed by atoms with Gasteiger partial charge < -0.3 is 15.9 Å². The molecule has 2 atom stereocenters. The van der Waals surface area contributed by atoms with Crippen LogP contribution in [0.3, 0.4) is 0 Å². The van der Waals surface area contributed by atoms with Gasteiger partial charge in [-0.2, -0.15) is 0 Å². The van der Waals surface area contributed by atoms with Crippen molar-refractivity contribution in [1.82, 2.24) is 0 Å². The zero-order valence-corrected chi connectivity index (χ0v) is 12.1. The molecule has 0 saturated heterocycles. The molecule has 112 valence electrons. The van der Waals surface area contributed by atoms with E-state index < -0.39 is 18.1 Å². The van der Waals surface area contributed by atoms with E-state index in [1.165, 1.54) is 31.2 Å². The van der Waals surface area contributed by atoms with Gasteiger partial charge in [0.15, 0.2) is 0 Å². The van der Waals surface area contributed by atoms with Gasteiger partial charge in [0.1, 0.15) is 0 Å². The average Bonchev–Trinajstić information content (AvgIpc) is 2.43. The Morgan fingerprint density at radius 2 is 1.85 bits per heavy atom. The van der Waals surface area contributed by atoms with E-state index in [0.717, 1.165) is 6.42 Å². The van der Waals surface area contributed by atoms with Crippen molar-refractivity contribution in [2.24, 2.45) is 5.73 Å². The monoisotopic (exact) mass is 279 g/mol. The van der Waals surface area contributed by atoms with Gasteiger partial charge in [0, 0.05) is 6.04 Å². The van der Waals surface area contributed by atoms with Gasteiger partial charge in [-0.25, -0.2) is 0 Å². The number of unbranched alkanes of at least 4 members (excludes halogenated alkanes) is 3. The summed E-state index contributed by atoms with van der Waals surface area (Å²) in [7, 11) is 0. The summed E-state index contributed by atoms with van der Waals surface area (Å²) in [5.41, 5.74) is 7.59. The standard InChI is InChI=1S/C16H25NO3/c1-2-3-4-5-6-12-7-9-13(10-8-12)16(20)14(17)11-15(18)19/h7-10,14,16,20H,2-6,11,17H2,1H3,(H,18,19). The number of nitrogens with two attached hydrogens (primary N) is 1. The predicted molar refractivity (Wildman–Crippen MR) is 79.5 cm³/mol. The first kappa shape index (κ1) is 16.7. The highest BCUT2D eigenvalue weighted by Crippen LogP contribution is 2.19. The predicted octanol–water partition coefficient (Wildman–Crippen LogP) is 2.64. The van der Waals surface area contributed by atoms with Crippen LogP contribution < -0.4 is 5.73 Å². The summed E-state index contributed by atoms with van der Waals surface area (Å²) in [6, 6.07) is 6.86. The van der Waals surface area contributed by atoms with E-state index in [-0.39, 0.29) is 6.42 Å². The fourth-order valence-electron chi connectivity index (χ4n) is 2.20. The molecule has 0 spiro atoms. The number of carboxylic acids is 1. The summed E-state index contributed by atoms with van der Waals surface area (Å²) in [5.74, 6) is -0.996. The molecule has 0 aromatic heterocycles. The lowest BCUT2D eigenvalue weighted by atomic mass is 9.98. The molecule has 0 aliphatic rings. The number of aliphatic hydroxyl groups excluding tert-OH is 1. The third-order valence-corrected chi connectivity index (χ3v) is 3.46. The third kappa shape index (κ3) is 5.72. The van der Waals surface area contributed by atoms with E-state index >= 15 is 0 Å². The molecular weight excluding hydrogens is 254 g/mol. The molecule has 0 fully saturated rings. The minimum Gasteiger partial charge on any atom is -0.481 e. The fourth-order valence-corrected chi connectivity index (χ4v) is 2.20. The maximum atomic E-state index is 10.6. The van der Waals surface area contributed by atoms with E-state index in [1.54, 1.807) is 0 Å². The smallest absolute Gasteiger partial charge is 0.305 e. The van der Waals surface area contributed by atoms with Crippen LogP contribution in [0.2, 0.25) is 0 Å². The van der Waals surface area contributed by atoms with Crippen LogP contribution in [0.25, 0.3) is 0 Å². The summed E-state index contributed by atoms with van der Waals surface area (Å²) in [6.45, 7) is 2.19. The van der Waals surface area contributed by atoms with Crippen LogP contribution in [0, 0.1) is 0 Å². The molecule has 4 N–H and O–H groups in total. The van der Waals surface area contributed by atoms with Crippen molar-refractivity contribution in [3.63, 3.8) is 0 Å². The second-order valence-corrected chi connectivity index (χ2v) is 5.26. The zero-order valence-electron chi connectivity index (χ0n) is 12.1. The number of aryl methyl sites for hydroxylation is 1. The van der Waals surface area contributed by atoms with Crippen molar-refractivity contribution >= 4 is 5.97 Å². The molecule has 1 aromatic carbocycles. The second-order valence-electron chi connectivity index (χ2n) is 5.26. The van der Waals surface area contributed by atoms with Crippen LogP contribution in [0.1, 0.15) is 56.3 Å². The third-order valence-electron chi connectivity index (χ3n) is 3.46. The van der Waals surface area contributed by atoms with Crippen molar-refractivity contribution in [2.45, 2.75) is 57.6 Å². The number of rotatable bonds is 9. The lowest BCUT2D eigenvalue weighted by Gasteiger charge is -2.17. The molecule has 0 bridgehead atoms. The molecule has 1 aromatic rings. The Labute approximate surface area is 120 Å². The lowest BCUT2D eigenvalue weighted by molar-refractivity contribution is -0.138. The van der Waals surface area contributed by atoms with Crippen LogP contribution in [-0.2, 0) is 11.2 Å². The van der Waals surface area contributed by atoms with Crippen molar-refractivity contribution in [2.75, 3.05) is 0 Å². The Balaban J connectivity index is 2.50. The lowest BCUT2D eigenvalue weighted by Crippen LogP contribution is -2.30. The molecular formula is C16H25NO3. The van der Waals surface area contributed by atoms with E-state index in [2.05, 4.69) is 6.92 Å². The van der Waals surface area contributed by atoms with Crippen LogP contribution in [0.15, 0.2) is 24.3 Å². The summed E-state index contributed by atoms with van der Waals surface area (Å²) < 4.78 is 0. The number of carboxylic acid groups (broad SMARTS) is 1. The summed E-state index contributed by atoms with van der Waals surface area (Å²) >= 11 is 0. The minimum atomic E-state index is -0.996. The molecule has 0 amide bonds. The summed E-state index contributed by atoms with van der Waals surface area (Å²) in [5, 5.41) is 18.7. The first-order valence-electron chi connectivity index (χ1n) is 7.29. The van der Waals surface area contributed by atoms with E-state index in [4.69, 9.17) is 10.8 Å². The van der Waals surface area contributed by atoms with Crippen LogP contribution in [0.4, 0.5) is 0 Å². The molecule has 0 aliphatic heterocycles. The second kappa shape index (κ2) is 8.72. The Hall–Kier alpha value is -1.39. The van der Waals surface area contributed by atoms with E-state index in [9.17, 15) is 9.90 Å². The maximum Gasteiger partial charge on any atom is 0.305 e. The zero-order chi connectivity index (χ0) is 15.0. The molecule has 0 aliphatic carbocycles. The number of benzene rings is 1. The maximum absolute atomic E-state index is 10.6. The van der Waals surface area contributed by atoms with E-state index in [0.29, 0.717) is 5.56 Å². The Bertz CT molecular complexity index is 403. The van der Waals surface area contributed by atoms with Gasteiger partial charge in [0.05, 0.1) is 12.5 Å². The highest BCUT2D eigenvalue weighted by molar-refractivity contribution is 5.67. The van der Waals surface area contributed by atoms with Gasteiger partial charge in [-0.1, -0.05) is 50.5 Å². The van der Waals surface area contributed by atoms with Crippen molar-refractivity contribution in [3.05, 3.63) is 35.4 Å². The molecule has 4 heteroatoms. The highest BCUT2D eigenvalue weighted by Gasteiger charge is 2.19. The largest absolute Gasteiger partial charge is 0.481 e. The van der Waals surface area contributed by atoms with Gasteiger partial charge in [-0.05, 0) is 24.0 Å². The Morgan fingerprint density at radius 3 is 2.40 bits per heavy atom. The van der Waals surface area contributed by atoms with Crippen LogP contribution in [-0.4, -0.2) is 22.2 Å². The fraction of sp³-hybridized carbons (Fsp3) is 0.562. The summed E-state index contributed by atoms with van der Waals surface area (Å²) in [4.78, 5) is 10.6. The average molecular weight is 279 g/mol. The molecule has 0 saturated carbocycles. The number of hydrogen-bond acceptors (Lipinski definition) is 3. The first-order valence-corrected chi connectivity index (χ1v) is 7.29. The van der Waals surface area contributed by atoms with Crippen LogP contribution in [0.5, 0.6) is 0 Å². The molecule has 1 rings (SSSR count). The molecule has 4 nitrogen and oxygen atoms in total. The quantitative estimate of drug-likeness (QED) is 0.607. The SMILES string of the molecule is CCCCCCc1ccc(C(O)C(N)CC(=O)O)cc1. The minimum absolute atomic E-state index is 0.236. The normalized spacial score (nSPS) is 13.9. The number of hydrogen-bond donors (Lipinski definition) is 3. The molecule has 20 heavy (non-hydrogen) atoms. The van der Waals surface area contributed by atoms with E-state index in [1.807, 2.05) is 24.3 Å². The number of aliphatic carboxylic acids is 1. The first-order chi connectivity index (χ1) is 9.54. The molecule has 0 radical (unpaired) electrons. The molecule has 2 unspecified atom stereocenters. The summed E-state index contributed by atoms with van der Waals surface area (Å²) in [6.07, 6.45) is 4.78. The highest BCUT2D eigenvalue weighted by atomic mass is 16.4. The van der Waals surface area contributed by atoms with Gasteiger partial charge >= 0.3 is 5.97 Å². The van der Waals surface area contributed by atoms with Crippen molar-refractivity contribution in [1.29, 1.82) is 0 Å². The topological polar surface area (TPSA) is 83.5 Å². The van der Waals surface area contributed by atoms with Crippen molar-refractivity contribution < 1.29 is 15.0 Å². The Morgan fingerprint density at radius 1 is 1.20 bits per heavy atom. The van der Waals surface area contributed by atoms with Gasteiger partial charge in [0.25, 0.3) is 0 Å². The van der Waals surface area contributed by atoms with Crippen LogP contribution >= 0.6 is 0 Å². The number of carbonyl (C=O) groups is 1. The number of aliphatic hydroxyl groups is 1. The van der Waals surface area contributed by atoms with Crippen molar-refractivity contribution in [3.8, 4) is 0 Å². The molecule has 0 heterocycles. The Kier molecular flexibility index (Phi) is 7.26. The van der Waals surface area contributed by atoms with Gasteiger partial charge in [-0.15, -0.1) is 0 Å².